The number of ether oxygens (including phenoxy) is 1. The molecule has 1 N–H and O–H groups in total. The van der Waals surface area contributed by atoms with E-state index in [-0.39, 0.29) is 24.1 Å². The van der Waals surface area contributed by atoms with Crippen LogP contribution in [0, 0.1) is 20.8 Å². The zero-order chi connectivity index (χ0) is 23.7. The third-order valence-electron chi connectivity index (χ3n) is 5.83. The summed E-state index contributed by atoms with van der Waals surface area (Å²) in [5.41, 5.74) is 5.89. The van der Waals surface area contributed by atoms with Crippen LogP contribution in [0.1, 0.15) is 27.8 Å². The first-order valence-electron chi connectivity index (χ1n) is 10.6. The van der Waals surface area contributed by atoms with Gasteiger partial charge in [-0.15, -0.1) is 0 Å². The van der Waals surface area contributed by atoms with Crippen LogP contribution in [0.4, 0.5) is 5.69 Å². The summed E-state index contributed by atoms with van der Waals surface area (Å²) < 4.78 is 5.47. The molecule has 6 heteroatoms. The number of imide groups is 1. The Morgan fingerprint density at radius 1 is 0.879 bits per heavy atom. The van der Waals surface area contributed by atoms with Crippen molar-refractivity contribution >= 4 is 34.7 Å². The van der Waals surface area contributed by atoms with E-state index in [4.69, 9.17) is 16.3 Å². The number of nitrogens with zero attached hydrogens (tertiary/aromatic N) is 1. The van der Waals surface area contributed by atoms with Gasteiger partial charge in [0, 0.05) is 5.02 Å². The molecule has 1 aliphatic rings. The minimum atomic E-state index is -0.383. The lowest BCUT2D eigenvalue weighted by Crippen LogP contribution is -2.32. The number of hydrogen-bond donors (Lipinski definition) is 1. The van der Waals surface area contributed by atoms with E-state index in [1.807, 2.05) is 69.3 Å². The summed E-state index contributed by atoms with van der Waals surface area (Å²) in [4.78, 5) is 28.3. The number of hydrogen-bond acceptors (Lipinski definition) is 4. The molecule has 0 atom stereocenters. The number of amides is 2. The first kappa shape index (κ1) is 22.6. The predicted octanol–water partition coefficient (Wildman–Crippen LogP) is 5.67. The lowest BCUT2D eigenvalue weighted by molar-refractivity contribution is -0.137. The molecule has 5 nitrogen and oxygen atoms in total. The molecule has 0 saturated carbocycles. The lowest BCUT2D eigenvalue weighted by Gasteiger charge is -2.16. The van der Waals surface area contributed by atoms with E-state index >= 15 is 0 Å². The monoisotopic (exact) mass is 460 g/mol. The molecule has 0 radical (unpaired) electrons. The highest BCUT2D eigenvalue weighted by atomic mass is 35.5. The maximum atomic E-state index is 13.6. The minimum absolute atomic E-state index is 0.152. The van der Waals surface area contributed by atoms with Gasteiger partial charge in [0.15, 0.2) is 0 Å². The molecular weight excluding hydrogens is 436 g/mol. The molecule has 0 fully saturated rings. The van der Waals surface area contributed by atoms with Crippen LogP contribution in [-0.4, -0.2) is 23.8 Å². The number of carbonyl (C=O) groups excluding carboxylic acids is 2. The van der Waals surface area contributed by atoms with Gasteiger partial charge in [0.1, 0.15) is 11.4 Å². The molecular formula is C27H25ClN2O3. The van der Waals surface area contributed by atoms with Crippen LogP contribution in [0.25, 0.3) is 5.57 Å². The Hall–Kier alpha value is -3.57. The zero-order valence-electron chi connectivity index (χ0n) is 19.0. The highest BCUT2D eigenvalue weighted by Crippen LogP contribution is 2.35. The van der Waals surface area contributed by atoms with Gasteiger partial charge in [-0.2, -0.15) is 0 Å². The number of aryl methyl sites for hydroxylation is 3. The van der Waals surface area contributed by atoms with Crippen molar-refractivity contribution in [3.8, 4) is 5.75 Å². The van der Waals surface area contributed by atoms with Crippen molar-refractivity contribution in [3.63, 3.8) is 0 Å². The predicted molar refractivity (Wildman–Crippen MR) is 131 cm³/mol. The van der Waals surface area contributed by atoms with Crippen LogP contribution in [0.5, 0.6) is 5.75 Å². The first-order chi connectivity index (χ1) is 15.8. The minimum Gasteiger partial charge on any atom is -0.495 e. The number of rotatable bonds is 6. The van der Waals surface area contributed by atoms with E-state index in [2.05, 4.69) is 5.32 Å². The van der Waals surface area contributed by atoms with E-state index in [0.717, 1.165) is 22.3 Å². The highest BCUT2D eigenvalue weighted by Gasteiger charge is 2.39. The topological polar surface area (TPSA) is 58.6 Å². The van der Waals surface area contributed by atoms with Gasteiger partial charge in [-0.25, -0.2) is 0 Å². The summed E-state index contributed by atoms with van der Waals surface area (Å²) in [6.45, 7) is 6.11. The second-order valence-corrected chi connectivity index (χ2v) is 8.64. The van der Waals surface area contributed by atoms with E-state index in [9.17, 15) is 9.59 Å². The third kappa shape index (κ3) is 4.50. The quantitative estimate of drug-likeness (QED) is 0.482. The van der Waals surface area contributed by atoms with Crippen molar-refractivity contribution in [2.45, 2.75) is 27.3 Å². The van der Waals surface area contributed by atoms with Crippen LogP contribution >= 0.6 is 11.6 Å². The van der Waals surface area contributed by atoms with Crippen molar-refractivity contribution in [3.05, 3.63) is 99.2 Å². The molecule has 1 heterocycles. The average molecular weight is 461 g/mol. The second kappa shape index (κ2) is 9.12. The van der Waals surface area contributed by atoms with Gasteiger partial charge in [-0.05, 0) is 72.9 Å². The Morgan fingerprint density at radius 3 is 2.27 bits per heavy atom. The fourth-order valence-electron chi connectivity index (χ4n) is 3.83. The molecule has 3 aromatic carbocycles. The molecule has 0 saturated heterocycles. The smallest absolute Gasteiger partial charge is 0.278 e. The number of nitrogens with one attached hydrogen (secondary N) is 1. The van der Waals surface area contributed by atoms with E-state index in [1.54, 1.807) is 19.2 Å². The van der Waals surface area contributed by atoms with Gasteiger partial charge < -0.3 is 10.1 Å². The van der Waals surface area contributed by atoms with E-state index < -0.39 is 0 Å². The summed E-state index contributed by atoms with van der Waals surface area (Å²) in [5, 5.41) is 3.81. The molecule has 3 aromatic rings. The third-order valence-corrected chi connectivity index (χ3v) is 6.08. The Morgan fingerprint density at radius 2 is 1.61 bits per heavy atom. The Balaban J connectivity index is 1.79. The van der Waals surface area contributed by atoms with Gasteiger partial charge >= 0.3 is 0 Å². The van der Waals surface area contributed by atoms with Gasteiger partial charge in [-0.1, -0.05) is 48.0 Å². The summed E-state index contributed by atoms with van der Waals surface area (Å²) in [7, 11) is 1.57. The van der Waals surface area contributed by atoms with Crippen molar-refractivity contribution in [2.24, 2.45) is 0 Å². The fraction of sp³-hybridized carbons (Fsp3) is 0.185. The number of halogens is 1. The SMILES string of the molecule is COc1ccc(C)cc1NC1=C(c2ccc(C)c(C)c2)C(=O)N(Cc2ccc(Cl)cc2)C1=O. The molecule has 0 bridgehead atoms. The highest BCUT2D eigenvalue weighted by molar-refractivity contribution is 6.36. The number of carbonyl (C=O) groups is 2. The van der Waals surface area contributed by atoms with Gasteiger partial charge in [0.05, 0.1) is 24.9 Å². The normalized spacial score (nSPS) is 13.7. The summed E-state index contributed by atoms with van der Waals surface area (Å²) >= 11 is 5.99. The lowest BCUT2D eigenvalue weighted by atomic mass is 9.99. The van der Waals surface area contributed by atoms with Gasteiger partial charge in [0.25, 0.3) is 11.8 Å². The number of benzene rings is 3. The Kier molecular flexibility index (Phi) is 6.25. The Bertz CT molecular complexity index is 1280. The van der Waals surface area contributed by atoms with E-state index in [0.29, 0.717) is 27.6 Å². The maximum Gasteiger partial charge on any atom is 0.278 e. The molecule has 0 aromatic heterocycles. The molecule has 0 unspecified atom stereocenters. The van der Waals surface area contributed by atoms with Crippen molar-refractivity contribution < 1.29 is 14.3 Å². The maximum absolute atomic E-state index is 13.6. The van der Waals surface area contributed by atoms with Crippen LogP contribution in [0.2, 0.25) is 5.02 Å². The molecule has 4 rings (SSSR count). The molecule has 33 heavy (non-hydrogen) atoms. The van der Waals surface area contributed by atoms with Crippen molar-refractivity contribution in [2.75, 3.05) is 12.4 Å². The Labute approximate surface area is 198 Å². The summed E-state index contributed by atoms with van der Waals surface area (Å²) in [5.74, 6) is -0.136. The van der Waals surface area contributed by atoms with Crippen molar-refractivity contribution in [1.29, 1.82) is 0 Å². The van der Waals surface area contributed by atoms with Crippen LogP contribution in [0.15, 0.2) is 66.4 Å². The van der Waals surface area contributed by atoms with Crippen LogP contribution < -0.4 is 10.1 Å². The van der Waals surface area contributed by atoms with E-state index in [1.165, 1.54) is 4.90 Å². The van der Waals surface area contributed by atoms with Gasteiger partial charge in [0.2, 0.25) is 0 Å². The molecule has 0 spiro atoms. The number of anilines is 1. The zero-order valence-corrected chi connectivity index (χ0v) is 19.8. The standard InChI is InChI=1S/C27H25ClN2O3/c1-16-5-12-23(33-4)22(13-16)29-25-24(20-9-6-17(2)18(3)14-20)26(31)30(27(25)32)15-19-7-10-21(28)11-8-19/h5-14,29H,15H2,1-4H3. The first-order valence-corrected chi connectivity index (χ1v) is 11.0. The molecule has 2 amide bonds. The molecule has 168 valence electrons. The fourth-order valence-corrected chi connectivity index (χ4v) is 3.95. The molecule has 1 aliphatic heterocycles. The van der Waals surface area contributed by atoms with Crippen LogP contribution in [0.3, 0.4) is 0 Å². The summed E-state index contributed by atoms with van der Waals surface area (Å²) in [6, 6.07) is 18.6. The van der Waals surface area contributed by atoms with Crippen molar-refractivity contribution in [1.82, 2.24) is 4.90 Å². The summed E-state index contributed by atoms with van der Waals surface area (Å²) in [6.07, 6.45) is 0. The largest absolute Gasteiger partial charge is 0.495 e. The number of methoxy groups -OCH3 is 1. The van der Waals surface area contributed by atoms with Crippen LogP contribution in [-0.2, 0) is 16.1 Å². The average Bonchev–Trinajstić information content (AvgIpc) is 3.01. The second-order valence-electron chi connectivity index (χ2n) is 8.20. The molecule has 0 aliphatic carbocycles. The van der Waals surface area contributed by atoms with Gasteiger partial charge in [-0.3, -0.25) is 14.5 Å².